The molecule has 1 N–H and O–H groups in total. The first-order valence-corrected chi connectivity index (χ1v) is 12.0. The summed E-state index contributed by atoms with van der Waals surface area (Å²) in [5.74, 6) is -5.30. The maximum absolute atomic E-state index is 14.2. The first kappa shape index (κ1) is 24.8. The molecule has 222 valence electrons. The van der Waals surface area contributed by atoms with Crippen molar-refractivity contribution >= 4 is 23.3 Å². The maximum atomic E-state index is 14.2. The van der Waals surface area contributed by atoms with Crippen LogP contribution in [0.3, 0.4) is 0 Å². The molecule has 3 aliphatic rings. The fraction of sp³-hybridized carbons (Fsp3) is 0.185. The van der Waals surface area contributed by atoms with E-state index in [1.165, 1.54) is 0 Å². The van der Waals surface area contributed by atoms with Crippen LogP contribution in [0.4, 0.5) is 35.1 Å². The van der Waals surface area contributed by atoms with Crippen LogP contribution in [0.2, 0.25) is 5.02 Å². The summed E-state index contributed by atoms with van der Waals surface area (Å²) in [6.07, 6.45) is -10.2. The Morgan fingerprint density at radius 2 is 1.84 bits per heavy atom. The molecule has 0 atom stereocenters. The van der Waals surface area contributed by atoms with Crippen molar-refractivity contribution in [1.29, 1.82) is 5.26 Å². The predicted octanol–water partition coefficient (Wildman–Crippen LogP) is 4.87. The second-order valence-corrected chi connectivity index (χ2v) is 9.32. The summed E-state index contributed by atoms with van der Waals surface area (Å²) in [5, 5.41) is 19.4. The molecule has 43 heavy (non-hydrogen) atoms. The highest BCUT2D eigenvalue weighted by atomic mass is 35.5. The number of hydrogen-bond acceptors (Lipinski definition) is 4. The van der Waals surface area contributed by atoms with Gasteiger partial charge in [0.1, 0.15) is 30.0 Å². The van der Waals surface area contributed by atoms with Gasteiger partial charge in [-0.2, -0.15) is 31.6 Å². The molecule has 0 fully saturated rings. The van der Waals surface area contributed by atoms with Crippen LogP contribution in [-0.4, -0.2) is 32.8 Å². The standard InChI is InChI=1S/C27H14ClF8N5O2/c28-18-2-1-14(29)8-16(18)23(42)21-17(10-37)22-20(41(11-26(31,32)33)25-38-3-4-40(22)25)9-19(21)39-24(43)12-5-13(27(34,35)36)7-15(30)6-12/h1-2,5-9,42H,3-4,11H2/b23-21+,39-19?/i3D2,4D2. The number of hydrogen-bond donors (Lipinski definition) is 1. The lowest BCUT2D eigenvalue weighted by Gasteiger charge is -2.13. The Kier molecular flexibility index (Phi) is 6.09. The highest BCUT2D eigenvalue weighted by molar-refractivity contribution is 6.32. The minimum absolute atomic E-state index is 0.0759. The molecule has 0 radical (unpaired) electrons. The number of amides is 1. The van der Waals surface area contributed by atoms with Crippen molar-refractivity contribution in [2.24, 2.45) is 9.98 Å². The van der Waals surface area contributed by atoms with E-state index >= 15 is 0 Å². The summed E-state index contributed by atoms with van der Waals surface area (Å²) < 4.78 is 143. The van der Waals surface area contributed by atoms with Gasteiger partial charge in [-0.15, -0.1) is 0 Å². The molecule has 16 heteroatoms. The summed E-state index contributed by atoms with van der Waals surface area (Å²) in [5.41, 5.74) is -6.62. The van der Waals surface area contributed by atoms with Crippen molar-refractivity contribution in [1.82, 2.24) is 9.13 Å². The lowest BCUT2D eigenvalue weighted by Crippen LogP contribution is -2.34. The number of imidazole rings is 1. The van der Waals surface area contributed by atoms with Crippen LogP contribution in [0.15, 0.2) is 52.4 Å². The van der Waals surface area contributed by atoms with E-state index in [1.54, 1.807) is 6.07 Å². The topological polar surface area (TPSA) is 95.7 Å². The Morgan fingerprint density at radius 3 is 2.49 bits per heavy atom. The van der Waals surface area contributed by atoms with Crippen LogP contribution < -0.4 is 16.2 Å². The third kappa shape index (κ3) is 5.57. The largest absolute Gasteiger partial charge is 0.507 e. The van der Waals surface area contributed by atoms with Gasteiger partial charge < -0.3 is 14.2 Å². The third-order valence-corrected chi connectivity index (χ3v) is 6.43. The van der Waals surface area contributed by atoms with Gasteiger partial charge in [0.15, 0.2) is 0 Å². The molecule has 0 spiro atoms. The first-order chi connectivity index (χ1) is 21.6. The SMILES string of the molecule is [2H]C1([2H])N=c2n(CC(F)(F)F)c3cc(=NC(=O)c4cc(F)cc(C(F)(F)F)c4)/c(=C(/O)c4cc(F)ccc4Cl)c(C#N)c-3n2C1([2H])[2H]. The fourth-order valence-electron chi connectivity index (χ4n) is 4.38. The van der Waals surface area contributed by atoms with Gasteiger partial charge >= 0.3 is 12.4 Å². The molecule has 2 aromatic carbocycles. The number of rotatable bonds is 3. The predicted molar refractivity (Wildman–Crippen MR) is 133 cm³/mol. The molecule has 0 saturated heterocycles. The van der Waals surface area contributed by atoms with Crippen LogP contribution in [0.5, 0.6) is 0 Å². The summed E-state index contributed by atoms with van der Waals surface area (Å²) in [4.78, 5) is 20.2. The minimum atomic E-state index is -5.13. The number of aliphatic hydroxyl groups is 1. The Morgan fingerprint density at radius 1 is 1.12 bits per heavy atom. The zero-order valence-corrected chi connectivity index (χ0v) is 21.5. The zero-order valence-electron chi connectivity index (χ0n) is 24.7. The van der Waals surface area contributed by atoms with Crippen molar-refractivity contribution in [2.45, 2.75) is 25.4 Å². The smallest absolute Gasteiger partial charge is 0.416 e. The Bertz CT molecular complexity index is 2200. The third-order valence-electron chi connectivity index (χ3n) is 6.10. The molecule has 1 aliphatic carbocycles. The number of carbonyl (C=O) groups excluding carboxylic acids is 1. The average molecular weight is 632 g/mol. The van der Waals surface area contributed by atoms with Crippen LogP contribution in [0.1, 0.15) is 32.5 Å². The van der Waals surface area contributed by atoms with Gasteiger partial charge in [-0.25, -0.2) is 13.8 Å². The van der Waals surface area contributed by atoms with Crippen LogP contribution in [0, 0.1) is 23.0 Å². The number of carbonyl (C=O) groups is 1. The summed E-state index contributed by atoms with van der Waals surface area (Å²) >= 11 is 6.10. The minimum Gasteiger partial charge on any atom is -0.507 e. The summed E-state index contributed by atoms with van der Waals surface area (Å²) in [7, 11) is 0. The molecule has 7 nitrogen and oxygen atoms in total. The van der Waals surface area contributed by atoms with E-state index in [4.69, 9.17) is 17.1 Å². The molecular weight excluding hydrogens is 614 g/mol. The first-order valence-electron chi connectivity index (χ1n) is 13.6. The molecular formula is C27H14ClF8N5O2. The number of nitriles is 1. The second-order valence-electron chi connectivity index (χ2n) is 8.91. The molecule has 2 aliphatic heterocycles. The second kappa shape index (κ2) is 10.5. The molecule has 2 heterocycles. The normalized spacial score (nSPS) is 18.2. The van der Waals surface area contributed by atoms with E-state index in [0.29, 0.717) is 22.8 Å². The Balaban J connectivity index is 2.02. The Hall–Kier alpha value is -4.71. The van der Waals surface area contributed by atoms with Crippen LogP contribution >= 0.6 is 11.6 Å². The van der Waals surface area contributed by atoms with E-state index in [1.807, 2.05) is 0 Å². The monoisotopic (exact) mass is 631 g/mol. The number of fused-ring (bicyclic) bond motifs is 3. The molecule has 0 aromatic heterocycles. The van der Waals surface area contributed by atoms with E-state index in [9.17, 15) is 50.3 Å². The van der Waals surface area contributed by atoms with Gasteiger partial charge in [0.2, 0.25) is 5.62 Å². The van der Waals surface area contributed by atoms with Gasteiger partial charge in [0.25, 0.3) is 5.91 Å². The summed E-state index contributed by atoms with van der Waals surface area (Å²) in [6.45, 7) is -8.42. The molecule has 1 amide bonds. The van der Waals surface area contributed by atoms with E-state index in [-0.39, 0.29) is 21.7 Å². The van der Waals surface area contributed by atoms with Gasteiger partial charge in [0.05, 0.1) is 50.1 Å². The van der Waals surface area contributed by atoms with Crippen molar-refractivity contribution < 1.29 is 50.5 Å². The van der Waals surface area contributed by atoms with E-state index in [2.05, 4.69) is 9.98 Å². The van der Waals surface area contributed by atoms with Gasteiger partial charge in [-0.3, -0.25) is 9.79 Å². The lowest BCUT2D eigenvalue weighted by molar-refractivity contribution is -0.141. The highest BCUT2D eigenvalue weighted by Crippen LogP contribution is 2.31. The van der Waals surface area contributed by atoms with Crippen molar-refractivity contribution in [3.05, 3.63) is 97.6 Å². The number of aliphatic hydroxyl groups excluding tert-OH is 1. The quantitative estimate of drug-likeness (QED) is 0.327. The van der Waals surface area contributed by atoms with Crippen LogP contribution in [-0.2, 0) is 19.2 Å². The van der Waals surface area contributed by atoms with Gasteiger partial charge in [-0.1, -0.05) is 11.6 Å². The number of benzene rings is 3. The van der Waals surface area contributed by atoms with Crippen molar-refractivity contribution in [3.63, 3.8) is 0 Å². The molecule has 0 bridgehead atoms. The lowest BCUT2D eigenvalue weighted by atomic mass is 10.0. The summed E-state index contributed by atoms with van der Waals surface area (Å²) in [6, 6.07) is 5.29. The zero-order chi connectivity index (χ0) is 35.0. The number of alkyl halides is 6. The van der Waals surface area contributed by atoms with Crippen molar-refractivity contribution in [3.8, 4) is 17.5 Å². The molecule has 5 rings (SSSR count). The Labute approximate surface area is 245 Å². The fourth-order valence-corrected chi connectivity index (χ4v) is 4.59. The molecule has 2 aromatic rings. The average Bonchev–Trinajstić information content (AvgIpc) is 3.33. The highest BCUT2D eigenvalue weighted by Gasteiger charge is 2.35. The number of nitrogens with zero attached hydrogens (tertiary/aromatic N) is 5. The van der Waals surface area contributed by atoms with Gasteiger partial charge in [-0.05, 0) is 42.5 Å². The van der Waals surface area contributed by atoms with E-state index in [0.717, 1.165) is 12.1 Å². The maximum Gasteiger partial charge on any atom is 0.416 e. The number of halogens is 9. The number of aromatic nitrogens is 2. The van der Waals surface area contributed by atoms with Crippen LogP contribution in [0.25, 0.3) is 17.1 Å². The van der Waals surface area contributed by atoms with Gasteiger partial charge in [0, 0.05) is 17.6 Å². The molecule has 0 saturated carbocycles. The molecule has 0 unspecified atom stereocenters. The van der Waals surface area contributed by atoms with Crippen molar-refractivity contribution in [2.75, 3.05) is 6.50 Å². The van der Waals surface area contributed by atoms with E-state index < -0.39 is 105 Å².